The van der Waals surface area contributed by atoms with E-state index in [1.54, 1.807) is 25.1 Å². The first kappa shape index (κ1) is 15.1. The molecule has 112 valence electrons. The van der Waals surface area contributed by atoms with Crippen molar-refractivity contribution < 1.29 is 9.47 Å². The maximum absolute atomic E-state index is 5.30. The summed E-state index contributed by atoms with van der Waals surface area (Å²) in [6, 6.07) is 7.42. The van der Waals surface area contributed by atoms with E-state index in [4.69, 9.17) is 21.7 Å². The molecular formula is C14H18N4O2S. The summed E-state index contributed by atoms with van der Waals surface area (Å²) in [4.78, 5) is 0. The largest absolute Gasteiger partial charge is 0.497 e. The Morgan fingerprint density at radius 3 is 2.71 bits per heavy atom. The first-order chi connectivity index (χ1) is 10.1. The van der Waals surface area contributed by atoms with E-state index < -0.39 is 0 Å². The van der Waals surface area contributed by atoms with Crippen LogP contribution in [0.1, 0.15) is 5.69 Å². The van der Waals surface area contributed by atoms with Crippen molar-refractivity contribution in [2.45, 2.75) is 6.54 Å². The Morgan fingerprint density at radius 2 is 2.10 bits per heavy atom. The van der Waals surface area contributed by atoms with Gasteiger partial charge in [-0.2, -0.15) is 5.10 Å². The molecule has 0 aliphatic rings. The van der Waals surface area contributed by atoms with Crippen molar-refractivity contribution in [3.63, 3.8) is 0 Å². The third-order valence-corrected chi connectivity index (χ3v) is 3.25. The summed E-state index contributed by atoms with van der Waals surface area (Å²) in [5, 5.41) is 10.8. The van der Waals surface area contributed by atoms with Crippen LogP contribution in [0.5, 0.6) is 11.5 Å². The highest BCUT2D eigenvalue weighted by atomic mass is 32.1. The van der Waals surface area contributed by atoms with Crippen molar-refractivity contribution in [1.29, 1.82) is 0 Å². The lowest BCUT2D eigenvalue weighted by molar-refractivity contribution is 0.405. The second kappa shape index (κ2) is 6.94. The number of hydrogen-bond acceptors (Lipinski definition) is 4. The summed E-state index contributed by atoms with van der Waals surface area (Å²) < 4.78 is 12.3. The molecule has 1 aromatic heterocycles. The standard InChI is InChI=1S/C14H18N4O2S/c1-18-10(6-7-16-18)9-15-14(21)17-12-8-11(19-2)4-5-13(12)20-3/h4-8H,9H2,1-3H3,(H2,15,17,21). The van der Waals surface area contributed by atoms with Gasteiger partial charge >= 0.3 is 0 Å². The average molecular weight is 306 g/mol. The van der Waals surface area contributed by atoms with Crippen LogP contribution in [-0.2, 0) is 13.6 Å². The van der Waals surface area contributed by atoms with Gasteiger partial charge in [0.15, 0.2) is 5.11 Å². The molecule has 1 heterocycles. The van der Waals surface area contributed by atoms with E-state index >= 15 is 0 Å². The van der Waals surface area contributed by atoms with Crippen molar-refractivity contribution in [2.24, 2.45) is 7.05 Å². The number of thiocarbonyl (C=S) groups is 1. The van der Waals surface area contributed by atoms with Crippen molar-refractivity contribution >= 4 is 23.0 Å². The molecule has 0 radical (unpaired) electrons. The zero-order valence-electron chi connectivity index (χ0n) is 12.2. The van der Waals surface area contributed by atoms with Crippen LogP contribution in [0, 0.1) is 0 Å². The third kappa shape index (κ3) is 3.85. The molecule has 6 nitrogen and oxygen atoms in total. The van der Waals surface area contributed by atoms with E-state index in [9.17, 15) is 0 Å². The molecule has 2 aromatic rings. The lowest BCUT2D eigenvalue weighted by Crippen LogP contribution is -2.28. The zero-order valence-corrected chi connectivity index (χ0v) is 13.0. The molecule has 7 heteroatoms. The van der Waals surface area contributed by atoms with Crippen molar-refractivity contribution in [3.8, 4) is 11.5 Å². The van der Waals surface area contributed by atoms with E-state index in [1.807, 2.05) is 31.3 Å². The van der Waals surface area contributed by atoms with Gasteiger partial charge in [-0.1, -0.05) is 0 Å². The van der Waals surface area contributed by atoms with Gasteiger partial charge in [0.1, 0.15) is 11.5 Å². The van der Waals surface area contributed by atoms with Gasteiger partial charge in [-0.3, -0.25) is 4.68 Å². The molecule has 0 saturated heterocycles. The number of nitrogens with zero attached hydrogens (tertiary/aromatic N) is 2. The highest BCUT2D eigenvalue weighted by Crippen LogP contribution is 2.28. The summed E-state index contributed by atoms with van der Waals surface area (Å²) >= 11 is 5.29. The number of benzene rings is 1. The van der Waals surface area contributed by atoms with Crippen LogP contribution in [0.4, 0.5) is 5.69 Å². The normalized spacial score (nSPS) is 10.0. The lowest BCUT2D eigenvalue weighted by Gasteiger charge is -2.14. The lowest BCUT2D eigenvalue weighted by atomic mass is 10.2. The van der Waals surface area contributed by atoms with Crippen LogP contribution in [-0.4, -0.2) is 29.1 Å². The molecule has 2 rings (SSSR count). The smallest absolute Gasteiger partial charge is 0.171 e. The Balaban J connectivity index is 2.00. The molecule has 0 aliphatic carbocycles. The second-order valence-electron chi connectivity index (χ2n) is 4.32. The number of aromatic nitrogens is 2. The van der Waals surface area contributed by atoms with Crippen molar-refractivity contribution in [2.75, 3.05) is 19.5 Å². The molecule has 0 amide bonds. The second-order valence-corrected chi connectivity index (χ2v) is 4.73. The van der Waals surface area contributed by atoms with Crippen LogP contribution in [0.15, 0.2) is 30.5 Å². The van der Waals surface area contributed by atoms with Crippen molar-refractivity contribution in [1.82, 2.24) is 15.1 Å². The predicted octanol–water partition coefficient (Wildman–Crippen LogP) is 1.92. The molecular weight excluding hydrogens is 288 g/mol. The first-order valence-corrected chi connectivity index (χ1v) is 6.78. The van der Waals surface area contributed by atoms with Gasteiger partial charge in [0, 0.05) is 19.3 Å². The Kier molecular flexibility index (Phi) is 4.99. The number of rotatable bonds is 5. The maximum Gasteiger partial charge on any atom is 0.171 e. The summed E-state index contributed by atoms with van der Waals surface area (Å²) in [5.74, 6) is 1.42. The number of nitrogens with one attached hydrogen (secondary N) is 2. The van der Waals surface area contributed by atoms with Gasteiger partial charge in [-0.05, 0) is 30.4 Å². The van der Waals surface area contributed by atoms with E-state index in [0.29, 0.717) is 17.4 Å². The van der Waals surface area contributed by atoms with Crippen molar-refractivity contribution in [3.05, 3.63) is 36.2 Å². The Hall–Kier alpha value is -2.28. The topological polar surface area (TPSA) is 60.3 Å². The fraction of sp³-hybridized carbons (Fsp3) is 0.286. The predicted molar refractivity (Wildman–Crippen MR) is 85.8 cm³/mol. The molecule has 0 fully saturated rings. The molecule has 0 bridgehead atoms. The van der Waals surface area contributed by atoms with Gasteiger partial charge < -0.3 is 20.1 Å². The van der Waals surface area contributed by atoms with Crippen LogP contribution < -0.4 is 20.1 Å². The number of aryl methyl sites for hydroxylation is 1. The Morgan fingerprint density at radius 1 is 1.29 bits per heavy atom. The maximum atomic E-state index is 5.30. The minimum Gasteiger partial charge on any atom is -0.497 e. The van der Waals surface area contributed by atoms with Gasteiger partial charge in [-0.25, -0.2) is 0 Å². The quantitative estimate of drug-likeness (QED) is 0.823. The molecule has 0 atom stereocenters. The van der Waals surface area contributed by atoms with Crippen LogP contribution >= 0.6 is 12.2 Å². The summed E-state index contributed by atoms with van der Waals surface area (Å²) in [7, 11) is 5.11. The number of ether oxygens (including phenoxy) is 2. The summed E-state index contributed by atoms with van der Waals surface area (Å²) in [6.45, 7) is 0.592. The van der Waals surface area contributed by atoms with Crippen LogP contribution in [0.2, 0.25) is 0 Å². The monoisotopic (exact) mass is 306 g/mol. The third-order valence-electron chi connectivity index (χ3n) is 3.01. The highest BCUT2D eigenvalue weighted by Gasteiger charge is 2.07. The van der Waals surface area contributed by atoms with E-state index in [0.717, 1.165) is 17.1 Å². The number of hydrogen-bond donors (Lipinski definition) is 2. The fourth-order valence-corrected chi connectivity index (χ4v) is 2.01. The summed E-state index contributed by atoms with van der Waals surface area (Å²) in [5.41, 5.74) is 1.79. The molecule has 1 aromatic carbocycles. The van der Waals surface area contributed by atoms with E-state index in [2.05, 4.69) is 15.7 Å². The molecule has 0 spiro atoms. The van der Waals surface area contributed by atoms with Gasteiger partial charge in [0.05, 0.1) is 32.1 Å². The molecule has 0 saturated carbocycles. The summed E-state index contributed by atoms with van der Waals surface area (Å²) in [6.07, 6.45) is 1.75. The van der Waals surface area contributed by atoms with Gasteiger partial charge in [0.2, 0.25) is 0 Å². The van der Waals surface area contributed by atoms with Crippen LogP contribution in [0.25, 0.3) is 0 Å². The van der Waals surface area contributed by atoms with Crippen LogP contribution in [0.3, 0.4) is 0 Å². The molecule has 0 unspecified atom stereocenters. The fourth-order valence-electron chi connectivity index (χ4n) is 1.82. The first-order valence-electron chi connectivity index (χ1n) is 6.38. The average Bonchev–Trinajstić information content (AvgIpc) is 2.90. The highest BCUT2D eigenvalue weighted by molar-refractivity contribution is 7.80. The van der Waals surface area contributed by atoms with E-state index in [1.165, 1.54) is 0 Å². The minimum absolute atomic E-state index is 0.503. The number of anilines is 1. The minimum atomic E-state index is 0.503. The molecule has 21 heavy (non-hydrogen) atoms. The molecule has 2 N–H and O–H groups in total. The number of methoxy groups -OCH3 is 2. The van der Waals surface area contributed by atoms with E-state index in [-0.39, 0.29) is 0 Å². The Labute approximate surface area is 129 Å². The van der Waals surface area contributed by atoms with Gasteiger partial charge in [0.25, 0.3) is 0 Å². The SMILES string of the molecule is COc1ccc(OC)c(NC(=S)NCc2ccnn2C)c1. The molecule has 0 aliphatic heterocycles. The zero-order chi connectivity index (χ0) is 15.2. The Bertz CT molecular complexity index is 627. The van der Waals surface area contributed by atoms with Gasteiger partial charge in [-0.15, -0.1) is 0 Å².